The van der Waals surface area contributed by atoms with E-state index in [9.17, 15) is 34.6 Å². The van der Waals surface area contributed by atoms with E-state index < -0.39 is 27.6 Å². The van der Waals surface area contributed by atoms with Crippen molar-refractivity contribution in [1.29, 1.82) is 0 Å². The van der Waals surface area contributed by atoms with Crippen LogP contribution < -0.4 is 9.47 Å². The summed E-state index contributed by atoms with van der Waals surface area (Å²) in [6.07, 6.45) is 0. The summed E-state index contributed by atoms with van der Waals surface area (Å²) in [7, 11) is 0. The molecule has 200 valence electrons. The topological polar surface area (TPSA) is 156 Å². The van der Waals surface area contributed by atoms with Gasteiger partial charge < -0.3 is 9.47 Å². The van der Waals surface area contributed by atoms with Crippen LogP contribution in [0.4, 0.5) is 11.4 Å². The Hall–Kier alpha value is -4.75. The van der Waals surface area contributed by atoms with Gasteiger partial charge in [-0.2, -0.15) is 0 Å². The Balaban J connectivity index is 1.68. The first-order valence-electron chi connectivity index (χ1n) is 11.1. The van der Waals surface area contributed by atoms with Crippen molar-refractivity contribution >= 4 is 61.0 Å². The molecule has 0 bridgehead atoms. The molecule has 0 aliphatic carbocycles. The second kappa shape index (κ2) is 12.0. The Morgan fingerprint density at radius 2 is 1.15 bits per heavy atom. The molecule has 11 nitrogen and oxygen atoms in total. The highest BCUT2D eigenvalue weighted by Gasteiger charge is 2.23. The standard InChI is InChI=1S/C27H14Br2N2O9/c28-20-9-6-16(12-22(20)30(35)36)26(33)39-18-8-11-24(19(14-18)25(32)15-4-2-1-3-5-15)40-27(34)17-7-10-21(29)23(13-17)31(37)38/h1-14H. The number of carbonyl (C=O) groups excluding carboxylic acids is 3. The van der Waals surface area contributed by atoms with E-state index in [1.54, 1.807) is 18.2 Å². The van der Waals surface area contributed by atoms with E-state index in [2.05, 4.69) is 31.9 Å². The molecule has 0 unspecified atom stereocenters. The summed E-state index contributed by atoms with van der Waals surface area (Å²) >= 11 is 6.09. The van der Waals surface area contributed by atoms with Crippen LogP contribution in [-0.2, 0) is 0 Å². The fraction of sp³-hybridized carbons (Fsp3) is 0. The predicted octanol–water partition coefficient (Wildman–Crippen LogP) is 6.70. The number of ether oxygens (including phenoxy) is 2. The number of carbonyl (C=O) groups is 3. The van der Waals surface area contributed by atoms with Gasteiger partial charge >= 0.3 is 11.9 Å². The molecule has 0 radical (unpaired) electrons. The van der Waals surface area contributed by atoms with Crippen molar-refractivity contribution in [3.05, 3.63) is 136 Å². The molecular weight excluding hydrogens is 656 g/mol. The van der Waals surface area contributed by atoms with Gasteiger partial charge in [0, 0.05) is 17.7 Å². The van der Waals surface area contributed by atoms with Gasteiger partial charge in [-0.3, -0.25) is 25.0 Å². The van der Waals surface area contributed by atoms with E-state index in [0.717, 1.165) is 12.1 Å². The average molecular weight is 670 g/mol. The molecular formula is C27H14Br2N2O9. The summed E-state index contributed by atoms with van der Waals surface area (Å²) in [4.78, 5) is 60.0. The maximum absolute atomic E-state index is 13.3. The molecule has 4 rings (SSSR count). The zero-order chi connectivity index (χ0) is 29.0. The largest absolute Gasteiger partial charge is 0.423 e. The number of halogens is 2. The van der Waals surface area contributed by atoms with Gasteiger partial charge in [-0.25, -0.2) is 9.59 Å². The summed E-state index contributed by atoms with van der Waals surface area (Å²) in [5.41, 5.74) is -0.849. The summed E-state index contributed by atoms with van der Waals surface area (Å²) in [6, 6.07) is 19.1. The van der Waals surface area contributed by atoms with E-state index in [4.69, 9.17) is 9.47 Å². The molecule has 0 spiro atoms. The fourth-order valence-corrected chi connectivity index (χ4v) is 4.25. The molecule has 4 aromatic rings. The highest BCUT2D eigenvalue weighted by molar-refractivity contribution is 9.11. The fourth-order valence-electron chi connectivity index (χ4n) is 3.47. The quantitative estimate of drug-likeness (QED) is 0.0655. The summed E-state index contributed by atoms with van der Waals surface area (Å²) in [6.45, 7) is 0. The van der Waals surface area contributed by atoms with Crippen molar-refractivity contribution < 1.29 is 33.7 Å². The maximum atomic E-state index is 13.3. The van der Waals surface area contributed by atoms with Gasteiger partial charge in [0.1, 0.15) is 11.5 Å². The SMILES string of the molecule is O=C(Oc1ccc(OC(=O)c2ccc(Br)c([N+](=O)[O-])c2)c(C(=O)c2ccccc2)c1)c1ccc(Br)c([N+](=O)[O-])c1. The van der Waals surface area contributed by atoms with E-state index >= 15 is 0 Å². The van der Waals surface area contributed by atoms with Crippen LogP contribution in [0.2, 0.25) is 0 Å². The van der Waals surface area contributed by atoms with Crippen LogP contribution in [0.1, 0.15) is 36.6 Å². The van der Waals surface area contributed by atoms with E-state index in [1.165, 1.54) is 54.6 Å². The molecule has 0 heterocycles. The monoisotopic (exact) mass is 668 g/mol. The first kappa shape index (κ1) is 28.3. The number of nitro benzene ring substituents is 2. The van der Waals surface area contributed by atoms with Crippen molar-refractivity contribution in [2.24, 2.45) is 0 Å². The van der Waals surface area contributed by atoms with Crippen molar-refractivity contribution in [2.45, 2.75) is 0 Å². The third kappa shape index (κ3) is 6.27. The number of rotatable bonds is 8. The molecule has 0 saturated heterocycles. The number of ketones is 1. The van der Waals surface area contributed by atoms with Gasteiger partial charge in [-0.1, -0.05) is 30.3 Å². The summed E-state index contributed by atoms with van der Waals surface area (Å²) in [5, 5.41) is 22.5. The van der Waals surface area contributed by atoms with Gasteiger partial charge in [0.2, 0.25) is 0 Å². The molecule has 0 fully saturated rings. The molecule has 0 aliphatic heterocycles. The minimum absolute atomic E-state index is 0.103. The van der Waals surface area contributed by atoms with Gasteiger partial charge in [0.05, 0.1) is 35.5 Å². The van der Waals surface area contributed by atoms with Crippen LogP contribution >= 0.6 is 31.9 Å². The lowest BCUT2D eigenvalue weighted by Gasteiger charge is -2.12. The highest BCUT2D eigenvalue weighted by Crippen LogP contribution is 2.31. The minimum atomic E-state index is -0.968. The van der Waals surface area contributed by atoms with Crippen molar-refractivity contribution in [3.63, 3.8) is 0 Å². The second-order valence-corrected chi connectivity index (χ2v) is 9.69. The van der Waals surface area contributed by atoms with E-state index in [0.29, 0.717) is 0 Å². The maximum Gasteiger partial charge on any atom is 0.343 e. The molecule has 0 saturated carbocycles. The number of nitrogens with zero attached hydrogens (tertiary/aromatic N) is 2. The molecule has 0 atom stereocenters. The van der Waals surface area contributed by atoms with Crippen LogP contribution in [0.25, 0.3) is 0 Å². The minimum Gasteiger partial charge on any atom is -0.423 e. The van der Waals surface area contributed by atoms with Gasteiger partial charge in [0.15, 0.2) is 5.78 Å². The third-order valence-electron chi connectivity index (χ3n) is 5.40. The van der Waals surface area contributed by atoms with Gasteiger partial charge in [-0.05, 0) is 74.3 Å². The Morgan fingerprint density at radius 1 is 0.625 bits per heavy atom. The molecule has 0 N–H and O–H groups in total. The molecule has 13 heteroatoms. The number of nitro groups is 2. The normalized spacial score (nSPS) is 10.4. The van der Waals surface area contributed by atoms with E-state index in [-0.39, 0.29) is 54.1 Å². The summed E-state index contributed by atoms with van der Waals surface area (Å²) in [5.74, 6) is -2.76. The summed E-state index contributed by atoms with van der Waals surface area (Å²) < 4.78 is 11.1. The zero-order valence-corrected chi connectivity index (χ0v) is 23.1. The van der Waals surface area contributed by atoms with Gasteiger partial charge in [-0.15, -0.1) is 0 Å². The number of hydrogen-bond donors (Lipinski definition) is 0. The first-order chi connectivity index (χ1) is 19.0. The predicted molar refractivity (Wildman–Crippen MR) is 148 cm³/mol. The van der Waals surface area contributed by atoms with Crippen molar-refractivity contribution in [1.82, 2.24) is 0 Å². The smallest absolute Gasteiger partial charge is 0.343 e. The van der Waals surface area contributed by atoms with Gasteiger partial charge in [0.25, 0.3) is 11.4 Å². The Bertz CT molecular complexity index is 1690. The number of esters is 2. The van der Waals surface area contributed by atoms with Crippen LogP contribution in [0.5, 0.6) is 11.5 Å². The van der Waals surface area contributed by atoms with Crippen LogP contribution in [-0.4, -0.2) is 27.6 Å². The Morgan fingerprint density at radius 3 is 1.68 bits per heavy atom. The molecule has 4 aromatic carbocycles. The lowest BCUT2D eigenvalue weighted by Crippen LogP contribution is -2.14. The van der Waals surface area contributed by atoms with Crippen LogP contribution in [0.3, 0.4) is 0 Å². The lowest BCUT2D eigenvalue weighted by molar-refractivity contribution is -0.385. The molecule has 0 amide bonds. The first-order valence-corrected chi connectivity index (χ1v) is 12.7. The Kier molecular flexibility index (Phi) is 8.46. The van der Waals surface area contributed by atoms with Crippen molar-refractivity contribution in [2.75, 3.05) is 0 Å². The van der Waals surface area contributed by atoms with Crippen LogP contribution in [0, 0.1) is 20.2 Å². The average Bonchev–Trinajstić information content (AvgIpc) is 2.94. The molecule has 40 heavy (non-hydrogen) atoms. The second-order valence-electron chi connectivity index (χ2n) is 7.98. The highest BCUT2D eigenvalue weighted by atomic mass is 79.9. The Labute approximate surface area is 241 Å². The van der Waals surface area contributed by atoms with Crippen molar-refractivity contribution in [3.8, 4) is 11.5 Å². The number of benzene rings is 4. The van der Waals surface area contributed by atoms with E-state index in [1.807, 2.05) is 0 Å². The lowest BCUT2D eigenvalue weighted by atomic mass is 10.0. The number of hydrogen-bond acceptors (Lipinski definition) is 9. The van der Waals surface area contributed by atoms with Crippen LogP contribution in [0.15, 0.2) is 93.9 Å². The zero-order valence-electron chi connectivity index (χ0n) is 19.9. The molecule has 0 aromatic heterocycles. The third-order valence-corrected chi connectivity index (χ3v) is 6.74. The molecule has 0 aliphatic rings.